The number of aliphatic hydroxyl groups excluding tert-OH is 1. The van der Waals surface area contributed by atoms with Crippen molar-refractivity contribution in [3.05, 3.63) is 91.8 Å². The summed E-state index contributed by atoms with van der Waals surface area (Å²) in [5, 5.41) is 11.3. The van der Waals surface area contributed by atoms with Crippen molar-refractivity contribution in [3.63, 3.8) is 0 Å². The van der Waals surface area contributed by atoms with E-state index in [1.165, 1.54) is 10.6 Å². The number of nitrogens with zero attached hydrogens (tertiary/aromatic N) is 1. The van der Waals surface area contributed by atoms with E-state index in [1.54, 1.807) is 37.3 Å². The first-order valence-corrected chi connectivity index (χ1v) is 10.0. The Morgan fingerprint density at radius 2 is 1.87 bits per heavy atom. The minimum atomic E-state index is -0.722. The third-order valence-corrected chi connectivity index (χ3v) is 5.27. The fourth-order valence-electron chi connectivity index (χ4n) is 2.89. The van der Waals surface area contributed by atoms with E-state index in [2.05, 4.69) is 21.2 Å². The van der Waals surface area contributed by atoms with Gasteiger partial charge >= 0.3 is 0 Å². The lowest BCUT2D eigenvalue weighted by Crippen LogP contribution is -2.24. The zero-order valence-electron chi connectivity index (χ0n) is 16.5. The Hall–Kier alpha value is -3.04. The zero-order valence-corrected chi connectivity index (χ0v) is 18.1. The molecule has 1 amide bonds. The lowest BCUT2D eigenvalue weighted by molar-refractivity contribution is -0.118. The van der Waals surface area contributed by atoms with E-state index in [9.17, 15) is 18.4 Å². The summed E-state index contributed by atoms with van der Waals surface area (Å²) in [6, 6.07) is 11.7. The van der Waals surface area contributed by atoms with Crippen molar-refractivity contribution in [1.29, 1.82) is 0 Å². The second kappa shape index (κ2) is 9.84. The van der Waals surface area contributed by atoms with Crippen LogP contribution >= 0.6 is 15.9 Å². The molecule has 0 saturated heterocycles. The highest BCUT2D eigenvalue weighted by Crippen LogP contribution is 2.24. The normalized spacial score (nSPS) is 10.7. The average Bonchev–Trinajstić information content (AvgIpc) is 2.75. The molecule has 0 spiro atoms. The number of amides is 1. The molecule has 0 atom stereocenters. The number of carbonyl (C=O) groups is 1. The van der Waals surface area contributed by atoms with Crippen molar-refractivity contribution in [2.45, 2.75) is 20.1 Å². The molecule has 0 unspecified atom stereocenters. The summed E-state index contributed by atoms with van der Waals surface area (Å²) in [7, 11) is 0. The summed E-state index contributed by atoms with van der Waals surface area (Å²) in [6.07, 6.45) is 0. The van der Waals surface area contributed by atoms with Crippen LogP contribution in [0.15, 0.2) is 57.8 Å². The molecule has 1 aromatic heterocycles. The predicted molar refractivity (Wildman–Crippen MR) is 115 cm³/mol. The number of aryl methyl sites for hydroxylation is 1. The van der Waals surface area contributed by atoms with Gasteiger partial charge in [-0.1, -0.05) is 12.1 Å². The van der Waals surface area contributed by atoms with E-state index in [0.29, 0.717) is 11.4 Å². The molecular formula is C22H19BrF2N2O4. The number of halogens is 3. The van der Waals surface area contributed by atoms with Crippen LogP contribution in [0.25, 0.3) is 0 Å². The smallest absolute Gasteiger partial charge is 0.269 e. The van der Waals surface area contributed by atoms with Gasteiger partial charge in [0.2, 0.25) is 5.91 Å². The Balaban J connectivity index is 1.76. The molecule has 3 aromatic rings. The van der Waals surface area contributed by atoms with Crippen LogP contribution in [-0.2, 0) is 17.9 Å². The van der Waals surface area contributed by atoms with Crippen LogP contribution in [0.5, 0.6) is 5.75 Å². The van der Waals surface area contributed by atoms with Gasteiger partial charge in [-0.25, -0.2) is 8.78 Å². The van der Waals surface area contributed by atoms with Gasteiger partial charge < -0.3 is 19.7 Å². The van der Waals surface area contributed by atoms with E-state index in [-0.39, 0.29) is 34.5 Å². The monoisotopic (exact) mass is 492 g/mol. The Kier molecular flexibility index (Phi) is 7.19. The fourth-order valence-corrected chi connectivity index (χ4v) is 3.33. The Morgan fingerprint density at radius 1 is 1.16 bits per heavy atom. The summed E-state index contributed by atoms with van der Waals surface area (Å²) in [5.74, 6) is -1.66. The first-order chi connectivity index (χ1) is 14.8. The molecule has 162 valence electrons. The van der Waals surface area contributed by atoms with Crippen LogP contribution in [0, 0.1) is 18.6 Å². The number of pyridine rings is 1. The molecule has 2 N–H and O–H groups in total. The van der Waals surface area contributed by atoms with Gasteiger partial charge in [-0.15, -0.1) is 0 Å². The molecule has 0 aliphatic heterocycles. The molecule has 0 fully saturated rings. The van der Waals surface area contributed by atoms with E-state index >= 15 is 0 Å². The van der Waals surface area contributed by atoms with E-state index < -0.39 is 24.1 Å². The van der Waals surface area contributed by atoms with Gasteiger partial charge in [0.1, 0.15) is 35.1 Å². The van der Waals surface area contributed by atoms with Gasteiger partial charge in [-0.2, -0.15) is 0 Å². The van der Waals surface area contributed by atoms with Crippen molar-refractivity contribution < 1.29 is 23.4 Å². The van der Waals surface area contributed by atoms with Crippen molar-refractivity contribution in [1.82, 2.24) is 4.57 Å². The molecule has 0 radical (unpaired) electrons. The lowest BCUT2D eigenvalue weighted by atomic mass is 10.2. The summed E-state index contributed by atoms with van der Waals surface area (Å²) in [4.78, 5) is 24.0. The SMILES string of the molecule is Cc1cc(OCc2ccc(F)cc2F)c(Br)c(=O)n1Cc1ccc(NC(=O)CO)cc1. The number of nitrogens with one attached hydrogen (secondary N) is 1. The molecule has 6 nitrogen and oxygen atoms in total. The number of aromatic nitrogens is 1. The summed E-state index contributed by atoms with van der Waals surface area (Å²) >= 11 is 3.25. The minimum Gasteiger partial charge on any atom is -0.487 e. The van der Waals surface area contributed by atoms with Crippen LogP contribution in [0.1, 0.15) is 16.8 Å². The first-order valence-electron chi connectivity index (χ1n) is 9.25. The highest BCUT2D eigenvalue weighted by molar-refractivity contribution is 9.10. The number of hydrogen-bond donors (Lipinski definition) is 2. The molecule has 0 aliphatic carbocycles. The molecule has 31 heavy (non-hydrogen) atoms. The molecule has 0 aliphatic rings. The van der Waals surface area contributed by atoms with Crippen molar-refractivity contribution in [3.8, 4) is 5.75 Å². The van der Waals surface area contributed by atoms with Crippen LogP contribution in [0.4, 0.5) is 14.5 Å². The third kappa shape index (κ3) is 5.56. The maximum atomic E-state index is 13.8. The molecule has 1 heterocycles. The van der Waals surface area contributed by atoms with Crippen molar-refractivity contribution >= 4 is 27.5 Å². The number of aliphatic hydroxyl groups is 1. The van der Waals surface area contributed by atoms with Gasteiger partial charge in [0.25, 0.3) is 5.56 Å². The van der Waals surface area contributed by atoms with E-state index in [0.717, 1.165) is 17.7 Å². The van der Waals surface area contributed by atoms with Gasteiger partial charge in [0.05, 0.1) is 6.54 Å². The number of anilines is 1. The van der Waals surface area contributed by atoms with Gasteiger partial charge in [-0.3, -0.25) is 9.59 Å². The zero-order chi connectivity index (χ0) is 22.5. The van der Waals surface area contributed by atoms with Crippen LogP contribution < -0.4 is 15.6 Å². The maximum absolute atomic E-state index is 13.8. The van der Waals surface area contributed by atoms with E-state index in [4.69, 9.17) is 9.84 Å². The Morgan fingerprint density at radius 3 is 2.52 bits per heavy atom. The molecule has 3 rings (SSSR count). The summed E-state index contributed by atoms with van der Waals surface area (Å²) in [5.41, 5.74) is 1.82. The Bertz CT molecular complexity index is 1160. The maximum Gasteiger partial charge on any atom is 0.269 e. The van der Waals surface area contributed by atoms with Gasteiger partial charge in [0.15, 0.2) is 0 Å². The largest absolute Gasteiger partial charge is 0.487 e. The molecule has 2 aromatic carbocycles. The van der Waals surface area contributed by atoms with Crippen LogP contribution in [-0.4, -0.2) is 22.2 Å². The average molecular weight is 493 g/mol. The number of ether oxygens (including phenoxy) is 1. The summed E-state index contributed by atoms with van der Waals surface area (Å²) in [6.45, 7) is 1.26. The lowest BCUT2D eigenvalue weighted by Gasteiger charge is -2.15. The second-order valence-electron chi connectivity index (χ2n) is 6.78. The highest BCUT2D eigenvalue weighted by atomic mass is 79.9. The van der Waals surface area contributed by atoms with Crippen LogP contribution in [0.2, 0.25) is 0 Å². The second-order valence-corrected chi connectivity index (χ2v) is 7.58. The number of rotatable bonds is 7. The van der Waals surface area contributed by atoms with E-state index in [1.807, 2.05) is 0 Å². The first kappa shape index (κ1) is 22.6. The van der Waals surface area contributed by atoms with Crippen molar-refractivity contribution in [2.24, 2.45) is 0 Å². The fraction of sp³-hybridized carbons (Fsp3) is 0.182. The van der Waals surface area contributed by atoms with Crippen molar-refractivity contribution in [2.75, 3.05) is 11.9 Å². The molecule has 0 bridgehead atoms. The standard InChI is InChI=1S/C22H19BrF2N2O4/c1-13-8-19(31-12-15-4-5-16(24)9-18(15)25)21(23)22(30)27(13)10-14-2-6-17(7-3-14)26-20(29)11-28/h2-9,28H,10-12H2,1H3,(H,26,29). The van der Waals surface area contributed by atoms with Gasteiger partial charge in [0, 0.05) is 29.1 Å². The number of carbonyl (C=O) groups excluding carboxylic acids is 1. The topological polar surface area (TPSA) is 80.6 Å². The van der Waals surface area contributed by atoms with Gasteiger partial charge in [-0.05, 0) is 52.7 Å². The Labute approximate surface area is 185 Å². The quantitative estimate of drug-likeness (QED) is 0.526. The summed E-state index contributed by atoms with van der Waals surface area (Å²) < 4.78 is 34.2. The molecular weight excluding hydrogens is 474 g/mol. The number of hydrogen-bond acceptors (Lipinski definition) is 4. The molecule has 9 heteroatoms. The predicted octanol–water partition coefficient (Wildman–Crippen LogP) is 3.76. The number of benzene rings is 2. The highest BCUT2D eigenvalue weighted by Gasteiger charge is 2.14. The van der Waals surface area contributed by atoms with Crippen LogP contribution in [0.3, 0.4) is 0 Å². The minimum absolute atomic E-state index is 0.158. The third-order valence-electron chi connectivity index (χ3n) is 4.54. The molecule has 0 saturated carbocycles.